The standard InChI is InChI=1S/C14H5Cl4NO2/c15-5-1-2-6(16)10-9(5)13(20)4-3-7(17)12(19)11(18)8(4)14(10)21/h1-3H,19H2. The Morgan fingerprint density at radius 1 is 0.762 bits per heavy atom. The Hall–Kier alpha value is -1.26. The molecular formula is C14H5Cl4NO2. The minimum atomic E-state index is -0.500. The minimum absolute atomic E-state index is 0.000216. The average Bonchev–Trinajstić information content (AvgIpc) is 2.44. The lowest BCUT2D eigenvalue weighted by Gasteiger charge is -2.21. The number of nitrogen functional groups attached to an aromatic ring is 1. The molecule has 0 amide bonds. The number of benzene rings is 2. The predicted octanol–water partition coefficient (Wildman–Crippen LogP) is 4.66. The van der Waals surface area contributed by atoms with Crippen molar-refractivity contribution in [1.29, 1.82) is 0 Å². The number of hydrogen-bond donors (Lipinski definition) is 1. The molecule has 2 N–H and O–H groups in total. The van der Waals surface area contributed by atoms with E-state index in [2.05, 4.69) is 0 Å². The number of halogens is 4. The molecule has 0 saturated heterocycles. The second-order valence-corrected chi connectivity index (χ2v) is 6.05. The smallest absolute Gasteiger partial charge is 0.197 e. The van der Waals surface area contributed by atoms with Gasteiger partial charge in [-0.15, -0.1) is 0 Å². The summed E-state index contributed by atoms with van der Waals surface area (Å²) in [6, 6.07) is 4.23. The van der Waals surface area contributed by atoms with Gasteiger partial charge in [0.2, 0.25) is 0 Å². The van der Waals surface area contributed by atoms with Crippen LogP contribution in [0.5, 0.6) is 0 Å². The van der Waals surface area contributed by atoms with Gasteiger partial charge in [0, 0.05) is 5.56 Å². The lowest BCUT2D eigenvalue weighted by molar-refractivity contribution is 0.0979. The minimum Gasteiger partial charge on any atom is -0.396 e. The quantitative estimate of drug-likeness (QED) is 0.593. The zero-order valence-corrected chi connectivity index (χ0v) is 13.2. The fraction of sp³-hybridized carbons (Fsp3) is 0. The second kappa shape index (κ2) is 4.89. The van der Waals surface area contributed by atoms with E-state index >= 15 is 0 Å². The van der Waals surface area contributed by atoms with Crippen molar-refractivity contribution < 1.29 is 9.59 Å². The van der Waals surface area contributed by atoms with Crippen LogP contribution in [0.15, 0.2) is 18.2 Å². The Bertz CT molecular complexity index is 846. The molecule has 106 valence electrons. The predicted molar refractivity (Wildman–Crippen MR) is 84.2 cm³/mol. The maximum Gasteiger partial charge on any atom is 0.197 e. The summed E-state index contributed by atoms with van der Waals surface area (Å²) < 4.78 is 0. The third kappa shape index (κ3) is 1.96. The first-order valence-corrected chi connectivity index (χ1v) is 7.20. The Morgan fingerprint density at radius 3 is 1.86 bits per heavy atom. The van der Waals surface area contributed by atoms with Gasteiger partial charge in [-0.3, -0.25) is 9.59 Å². The number of rotatable bonds is 0. The summed E-state index contributed by atoms with van der Waals surface area (Å²) >= 11 is 24.1. The summed E-state index contributed by atoms with van der Waals surface area (Å²) in [6.45, 7) is 0. The van der Waals surface area contributed by atoms with Gasteiger partial charge in [0.25, 0.3) is 0 Å². The summed E-state index contributed by atoms with van der Waals surface area (Å²) in [4.78, 5) is 25.2. The molecule has 0 heterocycles. The Kier molecular flexibility index (Phi) is 3.41. The summed E-state index contributed by atoms with van der Waals surface area (Å²) in [6.07, 6.45) is 0. The van der Waals surface area contributed by atoms with Gasteiger partial charge in [-0.05, 0) is 18.2 Å². The van der Waals surface area contributed by atoms with Gasteiger partial charge < -0.3 is 5.73 Å². The van der Waals surface area contributed by atoms with Crippen LogP contribution >= 0.6 is 46.4 Å². The molecule has 3 nitrogen and oxygen atoms in total. The number of ketones is 2. The van der Waals surface area contributed by atoms with E-state index in [1.54, 1.807) is 0 Å². The van der Waals surface area contributed by atoms with Crippen molar-refractivity contribution >= 4 is 63.7 Å². The molecule has 1 aliphatic carbocycles. The molecule has 0 aromatic heterocycles. The molecule has 0 atom stereocenters. The summed E-state index contributed by atoms with van der Waals surface area (Å²) in [5, 5.41) is 0.310. The van der Waals surface area contributed by atoms with Crippen LogP contribution in [-0.2, 0) is 0 Å². The third-order valence-electron chi connectivity index (χ3n) is 3.28. The van der Waals surface area contributed by atoms with Crippen molar-refractivity contribution in [3.8, 4) is 0 Å². The van der Waals surface area contributed by atoms with Crippen LogP contribution in [0.3, 0.4) is 0 Å². The Morgan fingerprint density at radius 2 is 1.29 bits per heavy atom. The van der Waals surface area contributed by atoms with Gasteiger partial charge in [0.05, 0.1) is 42.5 Å². The molecule has 3 rings (SSSR count). The van der Waals surface area contributed by atoms with Gasteiger partial charge in [-0.1, -0.05) is 46.4 Å². The van der Waals surface area contributed by atoms with Crippen molar-refractivity contribution in [1.82, 2.24) is 0 Å². The lowest BCUT2D eigenvalue weighted by Crippen LogP contribution is -2.23. The maximum absolute atomic E-state index is 12.6. The number of hydrogen-bond acceptors (Lipinski definition) is 3. The van der Waals surface area contributed by atoms with E-state index in [1.165, 1.54) is 18.2 Å². The fourth-order valence-electron chi connectivity index (χ4n) is 2.29. The molecule has 0 bridgehead atoms. The highest BCUT2D eigenvalue weighted by molar-refractivity contribution is 6.48. The highest BCUT2D eigenvalue weighted by Crippen LogP contribution is 2.42. The highest BCUT2D eigenvalue weighted by atomic mass is 35.5. The van der Waals surface area contributed by atoms with E-state index in [0.29, 0.717) is 0 Å². The van der Waals surface area contributed by atoms with E-state index in [0.717, 1.165) is 0 Å². The van der Waals surface area contributed by atoms with Crippen LogP contribution in [0.1, 0.15) is 31.8 Å². The average molecular weight is 361 g/mol. The number of anilines is 1. The summed E-state index contributed by atoms with van der Waals surface area (Å²) in [5.41, 5.74) is 5.91. The molecule has 2 aromatic carbocycles. The molecule has 0 radical (unpaired) electrons. The lowest BCUT2D eigenvalue weighted by atomic mass is 9.83. The SMILES string of the molecule is Nc1c(Cl)cc2c(c1Cl)C(=O)c1c(Cl)ccc(Cl)c1C2=O. The van der Waals surface area contributed by atoms with Gasteiger partial charge in [0.15, 0.2) is 11.6 Å². The van der Waals surface area contributed by atoms with Gasteiger partial charge in [-0.2, -0.15) is 0 Å². The normalized spacial score (nSPS) is 13.1. The largest absolute Gasteiger partial charge is 0.396 e. The molecule has 7 heteroatoms. The Labute approximate surface area is 139 Å². The van der Waals surface area contributed by atoms with Crippen LogP contribution < -0.4 is 5.73 Å². The number of carbonyl (C=O) groups is 2. The molecule has 0 spiro atoms. The molecule has 21 heavy (non-hydrogen) atoms. The molecule has 0 saturated carbocycles. The van der Waals surface area contributed by atoms with Crippen LogP contribution in [-0.4, -0.2) is 11.6 Å². The summed E-state index contributed by atoms with van der Waals surface area (Å²) in [7, 11) is 0. The van der Waals surface area contributed by atoms with Crippen LogP contribution in [0.4, 0.5) is 5.69 Å². The second-order valence-electron chi connectivity index (χ2n) is 4.45. The van der Waals surface area contributed by atoms with E-state index in [9.17, 15) is 9.59 Å². The van der Waals surface area contributed by atoms with Crippen molar-refractivity contribution in [3.63, 3.8) is 0 Å². The monoisotopic (exact) mass is 359 g/mol. The van der Waals surface area contributed by atoms with Crippen molar-refractivity contribution in [2.75, 3.05) is 5.73 Å². The Balaban J connectivity index is 2.45. The fourth-order valence-corrected chi connectivity index (χ4v) is 3.32. The molecule has 0 fully saturated rings. The highest BCUT2D eigenvalue weighted by Gasteiger charge is 2.36. The third-order valence-corrected chi connectivity index (χ3v) is 4.62. The zero-order valence-electron chi connectivity index (χ0n) is 10.1. The van der Waals surface area contributed by atoms with E-state index in [1.807, 2.05) is 0 Å². The molecule has 0 unspecified atom stereocenters. The molecule has 2 aromatic rings. The maximum atomic E-state index is 12.6. The van der Waals surface area contributed by atoms with Gasteiger partial charge >= 0.3 is 0 Å². The number of nitrogens with two attached hydrogens (primary N) is 1. The van der Waals surface area contributed by atoms with E-state index in [4.69, 9.17) is 52.1 Å². The van der Waals surface area contributed by atoms with Crippen LogP contribution in [0, 0.1) is 0 Å². The van der Waals surface area contributed by atoms with Crippen LogP contribution in [0.2, 0.25) is 20.1 Å². The molecular weight excluding hydrogens is 356 g/mol. The van der Waals surface area contributed by atoms with Crippen LogP contribution in [0.25, 0.3) is 0 Å². The topological polar surface area (TPSA) is 60.2 Å². The summed E-state index contributed by atoms with van der Waals surface area (Å²) in [5.74, 6) is -0.962. The first kappa shape index (κ1) is 14.7. The van der Waals surface area contributed by atoms with Crippen molar-refractivity contribution in [3.05, 3.63) is 60.5 Å². The zero-order chi connectivity index (χ0) is 15.5. The van der Waals surface area contributed by atoms with Gasteiger partial charge in [-0.25, -0.2) is 0 Å². The first-order chi connectivity index (χ1) is 9.84. The van der Waals surface area contributed by atoms with Gasteiger partial charge in [0.1, 0.15) is 0 Å². The van der Waals surface area contributed by atoms with E-state index in [-0.39, 0.29) is 48.0 Å². The first-order valence-electron chi connectivity index (χ1n) is 5.69. The molecule has 1 aliphatic rings. The molecule has 0 aliphatic heterocycles. The number of carbonyl (C=O) groups excluding carboxylic acids is 2. The van der Waals surface area contributed by atoms with Crippen molar-refractivity contribution in [2.45, 2.75) is 0 Å². The van der Waals surface area contributed by atoms with Crippen molar-refractivity contribution in [2.24, 2.45) is 0 Å². The van der Waals surface area contributed by atoms with E-state index < -0.39 is 11.6 Å². The number of fused-ring (bicyclic) bond motifs is 2.